The molecule has 1 N–H and O–H groups in total. The van der Waals surface area contributed by atoms with Gasteiger partial charge in [0.05, 0.1) is 17.6 Å². The molecule has 6 heteroatoms. The lowest BCUT2D eigenvalue weighted by Gasteiger charge is -2.07. The molecule has 0 amide bonds. The number of hydrogen-bond donors (Lipinski definition) is 1. The number of pyridine rings is 1. The average Bonchev–Trinajstić information content (AvgIpc) is 2.70. The fourth-order valence-electron chi connectivity index (χ4n) is 2.32. The van der Waals surface area contributed by atoms with Gasteiger partial charge in [-0.25, -0.2) is 9.37 Å². The monoisotopic (exact) mass is 304 g/mol. The summed E-state index contributed by atoms with van der Waals surface area (Å²) in [6.07, 6.45) is 1.74. The van der Waals surface area contributed by atoms with Crippen molar-refractivity contribution < 1.29 is 4.39 Å². The first-order valence-electron chi connectivity index (χ1n) is 6.51. The van der Waals surface area contributed by atoms with Gasteiger partial charge in [-0.05, 0) is 36.8 Å². The Kier molecular flexibility index (Phi) is 3.51. The van der Waals surface area contributed by atoms with Crippen molar-refractivity contribution in [1.82, 2.24) is 14.8 Å². The van der Waals surface area contributed by atoms with E-state index in [0.29, 0.717) is 11.6 Å². The van der Waals surface area contributed by atoms with Gasteiger partial charge in [-0.15, -0.1) is 0 Å². The van der Waals surface area contributed by atoms with Crippen molar-refractivity contribution in [3.63, 3.8) is 0 Å². The zero-order valence-corrected chi connectivity index (χ0v) is 12.4. The van der Waals surface area contributed by atoms with Crippen molar-refractivity contribution >= 4 is 28.3 Å². The molecule has 0 atom stereocenters. The summed E-state index contributed by atoms with van der Waals surface area (Å²) < 4.78 is 15.0. The Morgan fingerprint density at radius 2 is 2.10 bits per heavy atom. The van der Waals surface area contributed by atoms with E-state index in [4.69, 9.17) is 11.6 Å². The maximum Gasteiger partial charge on any atom is 0.157 e. The fraction of sp³-hybridized carbons (Fsp3) is 0.200. The molecule has 0 aliphatic carbocycles. The molecule has 1 aromatic carbocycles. The lowest BCUT2D eigenvalue weighted by molar-refractivity contribution is 0.626. The maximum absolute atomic E-state index is 13.3. The van der Waals surface area contributed by atoms with Crippen LogP contribution in [0.15, 0.2) is 30.5 Å². The highest BCUT2D eigenvalue weighted by Crippen LogP contribution is 2.20. The fourth-order valence-corrected chi connectivity index (χ4v) is 2.57. The van der Waals surface area contributed by atoms with Crippen LogP contribution in [0.5, 0.6) is 0 Å². The molecule has 108 valence electrons. The number of hydrogen-bond acceptors (Lipinski definition) is 3. The molecule has 2 aromatic heterocycles. The van der Waals surface area contributed by atoms with Crippen LogP contribution in [0.3, 0.4) is 0 Å². The number of fused-ring (bicyclic) bond motifs is 1. The van der Waals surface area contributed by atoms with Gasteiger partial charge in [0.25, 0.3) is 0 Å². The molecule has 3 rings (SSSR count). The third-order valence-electron chi connectivity index (χ3n) is 3.28. The van der Waals surface area contributed by atoms with Gasteiger partial charge < -0.3 is 5.32 Å². The highest BCUT2D eigenvalue weighted by atomic mass is 35.5. The van der Waals surface area contributed by atoms with Crippen molar-refractivity contribution in [1.29, 1.82) is 0 Å². The molecule has 21 heavy (non-hydrogen) atoms. The molecule has 0 bridgehead atoms. The van der Waals surface area contributed by atoms with Crippen LogP contribution in [-0.2, 0) is 13.6 Å². The van der Waals surface area contributed by atoms with E-state index < -0.39 is 0 Å². The number of anilines is 1. The van der Waals surface area contributed by atoms with Crippen LogP contribution in [0, 0.1) is 12.7 Å². The Morgan fingerprint density at radius 3 is 2.86 bits per heavy atom. The minimum atomic E-state index is -0.337. The summed E-state index contributed by atoms with van der Waals surface area (Å²) in [5.74, 6) is -0.337. The lowest BCUT2D eigenvalue weighted by atomic mass is 10.2. The highest BCUT2D eigenvalue weighted by molar-refractivity contribution is 6.30. The van der Waals surface area contributed by atoms with Gasteiger partial charge in [0.2, 0.25) is 0 Å². The van der Waals surface area contributed by atoms with Crippen molar-refractivity contribution in [2.24, 2.45) is 7.05 Å². The normalized spacial score (nSPS) is 11.0. The highest BCUT2D eigenvalue weighted by Gasteiger charge is 2.07. The first-order valence-corrected chi connectivity index (χ1v) is 6.89. The Bertz CT molecular complexity index is 793. The zero-order valence-electron chi connectivity index (χ0n) is 11.7. The molecule has 0 spiro atoms. The van der Waals surface area contributed by atoms with Gasteiger partial charge >= 0.3 is 0 Å². The second kappa shape index (κ2) is 5.33. The Balaban J connectivity index is 1.83. The van der Waals surface area contributed by atoms with E-state index >= 15 is 0 Å². The molecular formula is C15H14ClFN4. The first-order chi connectivity index (χ1) is 10.0. The summed E-state index contributed by atoms with van der Waals surface area (Å²) >= 11 is 5.84. The standard InChI is InChI=1S/C15H14ClFN4/c1-9-14-6-13(8-19-15(14)21(2)20-9)18-7-10-3-11(16)5-12(17)4-10/h3-6,8,18H,7H2,1-2H3. The minimum absolute atomic E-state index is 0.337. The van der Waals surface area contributed by atoms with Crippen LogP contribution in [0.2, 0.25) is 5.02 Å². The molecule has 0 unspecified atom stereocenters. The van der Waals surface area contributed by atoms with Crippen LogP contribution in [0.4, 0.5) is 10.1 Å². The van der Waals surface area contributed by atoms with Crippen LogP contribution < -0.4 is 5.32 Å². The third-order valence-corrected chi connectivity index (χ3v) is 3.50. The number of benzene rings is 1. The van der Waals surface area contributed by atoms with Crippen LogP contribution in [-0.4, -0.2) is 14.8 Å². The second-order valence-corrected chi connectivity index (χ2v) is 5.37. The van der Waals surface area contributed by atoms with Crippen LogP contribution in [0.1, 0.15) is 11.3 Å². The van der Waals surface area contributed by atoms with E-state index in [1.807, 2.05) is 20.0 Å². The van der Waals surface area contributed by atoms with Crippen molar-refractivity contribution in [3.05, 3.63) is 52.6 Å². The largest absolute Gasteiger partial charge is 0.380 e. The van der Waals surface area contributed by atoms with Gasteiger partial charge in [-0.1, -0.05) is 11.6 Å². The second-order valence-electron chi connectivity index (χ2n) is 4.94. The molecule has 0 saturated carbocycles. The first kappa shape index (κ1) is 13.8. The van der Waals surface area contributed by atoms with E-state index in [2.05, 4.69) is 15.4 Å². The SMILES string of the molecule is Cc1nn(C)c2ncc(NCc3cc(F)cc(Cl)c3)cc12. The maximum atomic E-state index is 13.3. The topological polar surface area (TPSA) is 42.7 Å². The number of halogens is 2. The smallest absolute Gasteiger partial charge is 0.157 e. The van der Waals surface area contributed by atoms with Crippen molar-refractivity contribution in [2.45, 2.75) is 13.5 Å². The summed E-state index contributed by atoms with van der Waals surface area (Å²) in [6, 6.07) is 6.47. The van der Waals surface area contributed by atoms with Gasteiger partial charge in [0.15, 0.2) is 5.65 Å². The van der Waals surface area contributed by atoms with E-state index in [0.717, 1.165) is 28.0 Å². The summed E-state index contributed by atoms with van der Waals surface area (Å²) in [5.41, 5.74) is 3.41. The summed E-state index contributed by atoms with van der Waals surface area (Å²) in [6.45, 7) is 2.42. The van der Waals surface area contributed by atoms with Gasteiger partial charge in [-0.2, -0.15) is 5.10 Å². The number of rotatable bonds is 3. The van der Waals surface area contributed by atoms with Crippen LogP contribution >= 0.6 is 11.6 Å². The molecule has 0 aliphatic rings. The predicted molar refractivity (Wildman–Crippen MR) is 82.0 cm³/mol. The molecule has 0 aliphatic heterocycles. The number of nitrogens with zero attached hydrogens (tertiary/aromatic N) is 3. The number of aromatic nitrogens is 3. The minimum Gasteiger partial charge on any atom is -0.380 e. The molecule has 0 radical (unpaired) electrons. The third kappa shape index (κ3) is 2.83. The average molecular weight is 305 g/mol. The molecule has 0 fully saturated rings. The Morgan fingerprint density at radius 1 is 1.29 bits per heavy atom. The van der Waals surface area contributed by atoms with E-state index in [9.17, 15) is 4.39 Å². The predicted octanol–water partition coefficient (Wildman–Crippen LogP) is 3.68. The molecular weight excluding hydrogens is 291 g/mol. The van der Waals surface area contributed by atoms with Gasteiger partial charge in [0, 0.05) is 24.0 Å². The van der Waals surface area contributed by atoms with Crippen LogP contribution in [0.25, 0.3) is 11.0 Å². The number of aryl methyl sites for hydroxylation is 2. The lowest BCUT2D eigenvalue weighted by Crippen LogP contribution is -2.00. The molecule has 3 aromatic rings. The van der Waals surface area contributed by atoms with Gasteiger partial charge in [-0.3, -0.25) is 4.68 Å². The van der Waals surface area contributed by atoms with Crippen molar-refractivity contribution in [3.8, 4) is 0 Å². The summed E-state index contributed by atoms with van der Waals surface area (Å²) in [7, 11) is 1.87. The number of nitrogens with one attached hydrogen (secondary N) is 1. The zero-order chi connectivity index (χ0) is 15.0. The summed E-state index contributed by atoms with van der Waals surface area (Å²) in [4.78, 5) is 4.39. The Labute approximate surface area is 126 Å². The summed E-state index contributed by atoms with van der Waals surface area (Å²) in [5, 5.41) is 8.94. The molecule has 2 heterocycles. The van der Waals surface area contributed by atoms with E-state index in [1.54, 1.807) is 16.9 Å². The van der Waals surface area contributed by atoms with E-state index in [-0.39, 0.29) is 5.82 Å². The van der Waals surface area contributed by atoms with Gasteiger partial charge in [0.1, 0.15) is 5.82 Å². The van der Waals surface area contributed by atoms with Crippen molar-refractivity contribution in [2.75, 3.05) is 5.32 Å². The Hall–Kier alpha value is -2.14. The van der Waals surface area contributed by atoms with E-state index in [1.165, 1.54) is 12.1 Å². The molecule has 0 saturated heterocycles. The quantitative estimate of drug-likeness (QED) is 0.802. The molecule has 4 nitrogen and oxygen atoms in total.